The Bertz CT molecular complexity index is 1680. The van der Waals surface area contributed by atoms with E-state index in [1.807, 2.05) is 13.8 Å². The molecular formula is C35H44F2N4O7S. The summed E-state index contributed by atoms with van der Waals surface area (Å²) < 4.78 is 67.9. The molecular weight excluding hydrogens is 658 g/mol. The molecule has 0 spiro atoms. The average Bonchev–Trinajstić information content (AvgIpc) is 3.07. The second kappa shape index (κ2) is 16.9. The molecule has 0 aliphatic carbocycles. The fraction of sp³-hybridized carbons (Fsp3) is 0.429. The maximum absolute atomic E-state index is 14.3. The van der Waals surface area contributed by atoms with Crippen molar-refractivity contribution in [2.24, 2.45) is 5.92 Å². The van der Waals surface area contributed by atoms with Gasteiger partial charge in [-0.1, -0.05) is 6.92 Å². The third-order valence-corrected chi connectivity index (χ3v) is 9.72. The Hall–Kier alpha value is -4.27. The third-order valence-electron chi connectivity index (χ3n) is 8.32. The van der Waals surface area contributed by atoms with E-state index in [0.29, 0.717) is 18.7 Å². The number of carbonyl (C=O) groups excluding carboxylic acids is 2. The second-order valence-electron chi connectivity index (χ2n) is 12.4. The van der Waals surface area contributed by atoms with Crippen LogP contribution in [0.3, 0.4) is 0 Å². The van der Waals surface area contributed by atoms with Gasteiger partial charge in [0.15, 0.2) is 0 Å². The Labute approximate surface area is 286 Å². The van der Waals surface area contributed by atoms with Crippen molar-refractivity contribution in [1.29, 1.82) is 0 Å². The normalized spacial score (nSPS) is 19.9. The Kier molecular flexibility index (Phi) is 13.0. The van der Waals surface area contributed by atoms with Crippen LogP contribution in [-0.4, -0.2) is 86.9 Å². The number of aliphatic hydroxyl groups excluding tert-OH is 1. The lowest BCUT2D eigenvalue weighted by Crippen LogP contribution is -2.48. The third kappa shape index (κ3) is 10.4. The summed E-state index contributed by atoms with van der Waals surface area (Å²) in [6.45, 7) is 5.81. The van der Waals surface area contributed by atoms with Crippen molar-refractivity contribution in [2.75, 3.05) is 43.4 Å². The van der Waals surface area contributed by atoms with Crippen LogP contribution in [0.5, 0.6) is 5.75 Å². The molecule has 0 fully saturated rings. The molecule has 1 aliphatic heterocycles. The van der Waals surface area contributed by atoms with Gasteiger partial charge in [-0.15, -0.1) is 0 Å². The Balaban J connectivity index is 1.62. The highest BCUT2D eigenvalue weighted by Crippen LogP contribution is 2.29. The monoisotopic (exact) mass is 702 g/mol. The van der Waals surface area contributed by atoms with Gasteiger partial charge in [0.05, 0.1) is 35.3 Å². The predicted octanol–water partition coefficient (Wildman–Crippen LogP) is 5.73. The number of rotatable bonds is 8. The van der Waals surface area contributed by atoms with Gasteiger partial charge in [-0.2, -0.15) is 0 Å². The first-order valence-corrected chi connectivity index (χ1v) is 17.7. The maximum atomic E-state index is 14.3. The zero-order valence-electron chi connectivity index (χ0n) is 28.1. The summed E-state index contributed by atoms with van der Waals surface area (Å²) in [4.78, 5) is 30.1. The molecule has 4 atom stereocenters. The first-order chi connectivity index (χ1) is 23.3. The van der Waals surface area contributed by atoms with Crippen LogP contribution in [0, 0.1) is 17.6 Å². The molecule has 3 amide bonds. The number of amides is 3. The van der Waals surface area contributed by atoms with Crippen LogP contribution < -0.4 is 14.8 Å². The summed E-state index contributed by atoms with van der Waals surface area (Å²) in [5, 5.41) is 12.9. The minimum Gasteiger partial charge on any atom is -0.490 e. The predicted molar refractivity (Wildman–Crippen MR) is 182 cm³/mol. The van der Waals surface area contributed by atoms with E-state index in [4.69, 9.17) is 9.47 Å². The first kappa shape index (κ1) is 37.5. The molecule has 0 saturated heterocycles. The van der Waals surface area contributed by atoms with Gasteiger partial charge in [-0.05, 0) is 99.8 Å². The topological polar surface area (TPSA) is 138 Å². The lowest BCUT2D eigenvalue weighted by atomic mass is 10.0. The molecule has 1 heterocycles. The number of hydrogen-bond donors (Lipinski definition) is 3. The maximum Gasteiger partial charge on any atom is 0.321 e. The van der Waals surface area contributed by atoms with Crippen molar-refractivity contribution in [3.8, 4) is 5.75 Å². The summed E-state index contributed by atoms with van der Waals surface area (Å²) in [6.07, 6.45) is 1.32. The van der Waals surface area contributed by atoms with Crippen LogP contribution in [0.25, 0.3) is 0 Å². The highest BCUT2D eigenvalue weighted by atomic mass is 32.2. The second-order valence-corrected chi connectivity index (χ2v) is 14.1. The van der Waals surface area contributed by atoms with E-state index in [0.717, 1.165) is 37.1 Å². The molecule has 14 heteroatoms. The summed E-state index contributed by atoms with van der Waals surface area (Å²) >= 11 is 0. The lowest BCUT2D eigenvalue weighted by Gasteiger charge is -2.35. The van der Waals surface area contributed by atoms with Gasteiger partial charge in [-0.3, -0.25) is 9.52 Å². The van der Waals surface area contributed by atoms with Gasteiger partial charge >= 0.3 is 6.03 Å². The highest BCUT2D eigenvalue weighted by molar-refractivity contribution is 7.92. The molecule has 3 N–H and O–H groups in total. The Morgan fingerprint density at radius 1 is 1.02 bits per heavy atom. The van der Waals surface area contributed by atoms with Gasteiger partial charge < -0.3 is 29.7 Å². The first-order valence-electron chi connectivity index (χ1n) is 16.2. The number of benzene rings is 3. The lowest BCUT2D eigenvalue weighted by molar-refractivity contribution is -0.0115. The van der Waals surface area contributed by atoms with Crippen LogP contribution in [0.1, 0.15) is 50.4 Å². The number of likely N-dealkylation sites (N-methyl/N-ethyl adjacent to an activating group) is 1. The van der Waals surface area contributed by atoms with Crippen LogP contribution in [0.4, 0.5) is 25.0 Å². The fourth-order valence-corrected chi connectivity index (χ4v) is 6.43. The van der Waals surface area contributed by atoms with Crippen LogP contribution in [0.15, 0.2) is 71.6 Å². The van der Waals surface area contributed by atoms with Gasteiger partial charge in [0.2, 0.25) is 0 Å². The number of fused-ring (bicyclic) bond motifs is 1. The molecule has 0 aromatic heterocycles. The Morgan fingerprint density at radius 3 is 2.31 bits per heavy atom. The van der Waals surface area contributed by atoms with Crippen LogP contribution in [0.2, 0.25) is 0 Å². The molecule has 1 aliphatic rings. The summed E-state index contributed by atoms with van der Waals surface area (Å²) in [6, 6.07) is 13.1. The standard InChI is InChI=1S/C35H44F2N4O7S/c1-23-20-41(24(2)22-42)34(43)31-19-29(39-49(45,46)30-15-10-27(37)11-16-30)14-17-32(31)48-25(3)7-5-6-18-47-33(23)21-40(4)35(44)38-28-12-8-26(36)9-13-28/h8-17,19,23-25,33,39,42H,5-7,18,20-22H2,1-4H3,(H,38,44)/t23-,24-,25+,33+/m1/s1. The van der Waals surface area contributed by atoms with Crippen molar-refractivity contribution in [3.05, 3.63) is 83.9 Å². The van der Waals surface area contributed by atoms with E-state index in [1.54, 1.807) is 14.0 Å². The molecule has 0 radical (unpaired) electrons. The van der Waals surface area contributed by atoms with Gasteiger partial charge in [-0.25, -0.2) is 22.0 Å². The van der Waals surface area contributed by atoms with E-state index in [9.17, 15) is 31.9 Å². The highest BCUT2D eigenvalue weighted by Gasteiger charge is 2.31. The van der Waals surface area contributed by atoms with Crippen molar-refractivity contribution < 1.29 is 41.4 Å². The number of nitrogens with one attached hydrogen (secondary N) is 2. The SMILES string of the molecule is C[C@@H]1CN([C@H](C)CO)C(=O)c2cc(NS(=O)(=O)c3ccc(F)cc3)ccc2O[C@@H](C)CCCCO[C@H]1CN(C)C(=O)Nc1ccc(F)cc1. The number of urea groups is 1. The van der Waals surface area contributed by atoms with Crippen LogP contribution in [-0.2, 0) is 14.8 Å². The zero-order valence-corrected chi connectivity index (χ0v) is 28.9. The molecule has 4 rings (SSSR count). The Morgan fingerprint density at radius 2 is 1.65 bits per heavy atom. The van der Waals surface area contributed by atoms with Crippen molar-refractivity contribution in [1.82, 2.24) is 9.80 Å². The minimum absolute atomic E-state index is 0.0870. The number of nitrogens with zero attached hydrogens (tertiary/aromatic N) is 2. The number of aliphatic hydroxyl groups is 1. The van der Waals surface area contributed by atoms with Gasteiger partial charge in [0.25, 0.3) is 15.9 Å². The smallest absolute Gasteiger partial charge is 0.321 e. The van der Waals surface area contributed by atoms with Crippen molar-refractivity contribution in [2.45, 2.75) is 63.2 Å². The van der Waals surface area contributed by atoms with Crippen molar-refractivity contribution >= 4 is 33.3 Å². The van der Waals surface area contributed by atoms with E-state index < -0.39 is 45.7 Å². The molecule has 266 valence electrons. The number of halogens is 2. The van der Waals surface area contributed by atoms with E-state index in [-0.39, 0.29) is 53.6 Å². The number of anilines is 2. The quantitative estimate of drug-likeness (QED) is 0.273. The molecule has 3 aromatic carbocycles. The number of sulfonamides is 1. The minimum atomic E-state index is -4.12. The summed E-state index contributed by atoms with van der Waals surface area (Å²) in [5.41, 5.74) is 0.610. The molecule has 0 unspecified atom stereocenters. The van der Waals surface area contributed by atoms with E-state index >= 15 is 0 Å². The number of hydrogen-bond acceptors (Lipinski definition) is 7. The summed E-state index contributed by atoms with van der Waals surface area (Å²) in [7, 11) is -2.50. The fourth-order valence-electron chi connectivity index (χ4n) is 5.38. The van der Waals surface area contributed by atoms with E-state index in [1.165, 1.54) is 52.3 Å². The molecule has 3 aromatic rings. The zero-order chi connectivity index (χ0) is 35.7. The molecule has 0 saturated carbocycles. The molecule has 49 heavy (non-hydrogen) atoms. The molecule has 0 bridgehead atoms. The average molecular weight is 703 g/mol. The van der Waals surface area contributed by atoms with Gasteiger partial charge in [0.1, 0.15) is 17.4 Å². The van der Waals surface area contributed by atoms with Gasteiger partial charge in [0, 0.05) is 44.0 Å². The number of ether oxygens (including phenoxy) is 2. The molecule has 11 nitrogen and oxygen atoms in total. The van der Waals surface area contributed by atoms with Crippen LogP contribution >= 0.6 is 0 Å². The number of carbonyl (C=O) groups is 2. The van der Waals surface area contributed by atoms with Crippen molar-refractivity contribution in [3.63, 3.8) is 0 Å². The largest absolute Gasteiger partial charge is 0.490 e. The summed E-state index contributed by atoms with van der Waals surface area (Å²) in [5.74, 6) is -1.58. The van der Waals surface area contributed by atoms with E-state index in [2.05, 4.69) is 10.0 Å².